The van der Waals surface area contributed by atoms with Gasteiger partial charge in [-0.3, -0.25) is 10.1 Å². The summed E-state index contributed by atoms with van der Waals surface area (Å²) >= 11 is 1.78. The van der Waals surface area contributed by atoms with Crippen molar-refractivity contribution in [3.05, 3.63) is 34.7 Å². The highest BCUT2D eigenvalue weighted by Gasteiger charge is 2.18. The summed E-state index contributed by atoms with van der Waals surface area (Å²) in [6.45, 7) is 10.1. The third kappa shape index (κ3) is 4.05. The summed E-state index contributed by atoms with van der Waals surface area (Å²) in [5.41, 5.74) is 0.856. The number of ether oxygens (including phenoxy) is 1. The maximum absolute atomic E-state index is 11.8. The molecule has 1 unspecified atom stereocenters. The van der Waals surface area contributed by atoms with Crippen molar-refractivity contribution in [2.24, 2.45) is 0 Å². The van der Waals surface area contributed by atoms with Crippen LogP contribution in [0.3, 0.4) is 0 Å². The third-order valence-electron chi connectivity index (χ3n) is 3.25. The molecule has 0 aliphatic carbocycles. The Kier molecular flexibility index (Phi) is 4.69. The number of hydrogen-bond donors (Lipinski definition) is 1. The molecule has 0 radical (unpaired) electrons. The fourth-order valence-corrected chi connectivity index (χ4v) is 3.55. The zero-order valence-corrected chi connectivity index (χ0v) is 14.1. The lowest BCUT2D eigenvalue weighted by Gasteiger charge is -2.20. The van der Waals surface area contributed by atoms with Crippen LogP contribution < -0.4 is 5.32 Å². The van der Waals surface area contributed by atoms with Crippen LogP contribution >= 0.6 is 11.3 Å². The van der Waals surface area contributed by atoms with Gasteiger partial charge in [0.05, 0.1) is 6.54 Å². The van der Waals surface area contributed by atoms with E-state index in [0.29, 0.717) is 0 Å². The van der Waals surface area contributed by atoms with Crippen LogP contribution in [0.2, 0.25) is 0 Å². The normalized spacial score (nSPS) is 13.4. The summed E-state index contributed by atoms with van der Waals surface area (Å²) in [4.78, 5) is 13.0. The zero-order valence-electron chi connectivity index (χ0n) is 13.3. The van der Waals surface area contributed by atoms with Crippen molar-refractivity contribution in [3.8, 4) is 0 Å². The van der Waals surface area contributed by atoms with Gasteiger partial charge in [-0.1, -0.05) is 18.2 Å². The quantitative estimate of drug-likeness (QED) is 0.860. The van der Waals surface area contributed by atoms with E-state index in [1.807, 2.05) is 20.8 Å². The number of fused-ring (bicyclic) bond motifs is 1. The van der Waals surface area contributed by atoms with E-state index < -0.39 is 5.60 Å². The van der Waals surface area contributed by atoms with Crippen LogP contribution in [0.5, 0.6) is 0 Å². The van der Waals surface area contributed by atoms with Crippen molar-refractivity contribution in [3.63, 3.8) is 0 Å². The number of benzene rings is 1. The summed E-state index contributed by atoms with van der Waals surface area (Å²) in [5.74, 6) is -0.215. The number of rotatable bonds is 4. The summed E-state index contributed by atoms with van der Waals surface area (Å²) in [5, 5.41) is 4.55. The van der Waals surface area contributed by atoms with Crippen molar-refractivity contribution in [1.29, 1.82) is 0 Å². The third-order valence-corrected chi connectivity index (χ3v) is 4.70. The summed E-state index contributed by atoms with van der Waals surface area (Å²) in [6, 6.07) is 8.53. The first kappa shape index (κ1) is 16.0. The number of nitrogens with one attached hydrogen (secondary N) is 1. The van der Waals surface area contributed by atoms with E-state index in [9.17, 15) is 4.79 Å². The lowest BCUT2D eigenvalue weighted by atomic mass is 10.1. The predicted octanol–water partition coefficient (Wildman–Crippen LogP) is 4.20. The van der Waals surface area contributed by atoms with Crippen molar-refractivity contribution in [1.82, 2.24) is 5.32 Å². The van der Waals surface area contributed by atoms with Crippen LogP contribution in [0.25, 0.3) is 10.1 Å². The van der Waals surface area contributed by atoms with Crippen LogP contribution in [0.4, 0.5) is 0 Å². The van der Waals surface area contributed by atoms with Gasteiger partial charge in [-0.25, -0.2) is 0 Å². The highest BCUT2D eigenvalue weighted by Crippen LogP contribution is 2.34. The standard InChI is InChI=1S/C17H23NO2S/c1-11-13-8-6-7-9-14(13)21-16(11)12(2)18-10-15(19)20-17(3,4)5/h6-9,12,18H,10H2,1-5H3. The molecule has 21 heavy (non-hydrogen) atoms. The first-order chi connectivity index (χ1) is 9.78. The maximum Gasteiger partial charge on any atom is 0.320 e. The maximum atomic E-state index is 11.8. The molecule has 0 aliphatic rings. The number of thiophene rings is 1. The molecular weight excluding hydrogens is 282 g/mol. The van der Waals surface area contributed by atoms with E-state index in [1.165, 1.54) is 20.5 Å². The molecule has 1 N–H and O–H groups in total. The zero-order chi connectivity index (χ0) is 15.6. The second-order valence-corrected chi connectivity index (χ2v) is 7.36. The van der Waals surface area contributed by atoms with E-state index in [-0.39, 0.29) is 18.6 Å². The molecule has 0 saturated heterocycles. The molecule has 2 rings (SSSR count). The highest BCUT2D eigenvalue weighted by atomic mass is 32.1. The van der Waals surface area contributed by atoms with E-state index in [1.54, 1.807) is 11.3 Å². The Balaban J connectivity index is 2.04. The van der Waals surface area contributed by atoms with Gasteiger partial charge in [0.2, 0.25) is 0 Å². The molecule has 1 aromatic carbocycles. The van der Waals surface area contributed by atoms with Crippen molar-refractivity contribution in [2.75, 3.05) is 6.54 Å². The SMILES string of the molecule is Cc1c(C(C)NCC(=O)OC(C)(C)C)sc2ccccc12. The lowest BCUT2D eigenvalue weighted by molar-refractivity contribution is -0.153. The Labute approximate surface area is 130 Å². The Hall–Kier alpha value is -1.39. The fourth-order valence-electron chi connectivity index (χ4n) is 2.31. The van der Waals surface area contributed by atoms with Crippen LogP contribution in [0, 0.1) is 6.92 Å². The predicted molar refractivity (Wildman–Crippen MR) is 88.8 cm³/mol. The Morgan fingerprint density at radius 3 is 2.62 bits per heavy atom. The van der Waals surface area contributed by atoms with Crippen LogP contribution in [0.1, 0.15) is 44.2 Å². The van der Waals surface area contributed by atoms with Gasteiger partial charge in [-0.2, -0.15) is 0 Å². The molecule has 0 amide bonds. The lowest BCUT2D eigenvalue weighted by Crippen LogP contribution is -2.32. The highest BCUT2D eigenvalue weighted by molar-refractivity contribution is 7.19. The summed E-state index contributed by atoms with van der Waals surface area (Å²) < 4.78 is 6.60. The average molecular weight is 305 g/mol. The van der Waals surface area contributed by atoms with Gasteiger partial charge in [-0.15, -0.1) is 11.3 Å². The van der Waals surface area contributed by atoms with E-state index in [4.69, 9.17) is 4.74 Å². The molecule has 1 heterocycles. The summed E-state index contributed by atoms with van der Waals surface area (Å²) in [6.07, 6.45) is 0. The molecule has 3 nitrogen and oxygen atoms in total. The second-order valence-electron chi connectivity index (χ2n) is 6.28. The molecule has 114 valence electrons. The van der Waals surface area contributed by atoms with Gasteiger partial charge in [0.25, 0.3) is 0 Å². The molecule has 0 fully saturated rings. The minimum absolute atomic E-state index is 0.134. The summed E-state index contributed by atoms with van der Waals surface area (Å²) in [7, 11) is 0. The van der Waals surface area contributed by atoms with Crippen LogP contribution in [0.15, 0.2) is 24.3 Å². The molecule has 2 aromatic rings. The van der Waals surface area contributed by atoms with Gasteiger partial charge in [-0.05, 0) is 51.6 Å². The monoisotopic (exact) mass is 305 g/mol. The smallest absolute Gasteiger partial charge is 0.320 e. The minimum Gasteiger partial charge on any atom is -0.459 e. The average Bonchev–Trinajstić information content (AvgIpc) is 2.72. The van der Waals surface area contributed by atoms with Gasteiger partial charge in [0, 0.05) is 15.6 Å². The van der Waals surface area contributed by atoms with Crippen molar-refractivity contribution < 1.29 is 9.53 Å². The first-order valence-corrected chi connectivity index (χ1v) is 8.03. The Morgan fingerprint density at radius 1 is 1.33 bits per heavy atom. The topological polar surface area (TPSA) is 38.3 Å². The molecule has 4 heteroatoms. The number of esters is 1. The first-order valence-electron chi connectivity index (χ1n) is 7.21. The molecule has 0 bridgehead atoms. The van der Waals surface area contributed by atoms with E-state index >= 15 is 0 Å². The van der Waals surface area contributed by atoms with E-state index in [0.717, 1.165) is 0 Å². The van der Waals surface area contributed by atoms with Crippen molar-refractivity contribution in [2.45, 2.75) is 46.3 Å². The molecule has 0 saturated carbocycles. The largest absolute Gasteiger partial charge is 0.459 e. The van der Waals surface area contributed by atoms with Crippen LogP contribution in [-0.4, -0.2) is 18.1 Å². The van der Waals surface area contributed by atoms with Gasteiger partial charge in [0.15, 0.2) is 0 Å². The molecule has 1 aromatic heterocycles. The molecule has 0 aliphatic heterocycles. The fraction of sp³-hybridized carbons (Fsp3) is 0.471. The Morgan fingerprint density at radius 2 is 2.00 bits per heavy atom. The minimum atomic E-state index is -0.435. The molecule has 0 spiro atoms. The Bertz CT molecular complexity index is 640. The number of hydrogen-bond acceptors (Lipinski definition) is 4. The number of carbonyl (C=O) groups is 1. The van der Waals surface area contributed by atoms with Gasteiger partial charge < -0.3 is 4.74 Å². The van der Waals surface area contributed by atoms with E-state index in [2.05, 4.69) is 43.4 Å². The number of aryl methyl sites for hydroxylation is 1. The van der Waals surface area contributed by atoms with Crippen LogP contribution in [-0.2, 0) is 9.53 Å². The number of carbonyl (C=O) groups excluding carboxylic acids is 1. The van der Waals surface area contributed by atoms with Crippen molar-refractivity contribution >= 4 is 27.4 Å². The van der Waals surface area contributed by atoms with Gasteiger partial charge in [0.1, 0.15) is 5.60 Å². The second kappa shape index (κ2) is 6.16. The molecule has 1 atom stereocenters. The van der Waals surface area contributed by atoms with Gasteiger partial charge >= 0.3 is 5.97 Å². The molecular formula is C17H23NO2S.